The van der Waals surface area contributed by atoms with E-state index in [1.807, 2.05) is 41.5 Å². The van der Waals surface area contributed by atoms with Crippen molar-refractivity contribution >= 4 is 11.2 Å². The summed E-state index contributed by atoms with van der Waals surface area (Å²) < 4.78 is 0. The van der Waals surface area contributed by atoms with Gasteiger partial charge in [-0.3, -0.25) is 0 Å². The van der Waals surface area contributed by atoms with Crippen molar-refractivity contribution < 1.29 is 0 Å². The Morgan fingerprint density at radius 2 is 1.60 bits per heavy atom. The van der Waals surface area contributed by atoms with Crippen LogP contribution < -0.4 is 0 Å². The molecule has 1 N–H and O–H groups in total. The zero-order valence-electron chi connectivity index (χ0n) is 10.4. The quantitative estimate of drug-likeness (QED) is 0.724. The number of nitrogens with one attached hydrogen (secondary N) is 1. The van der Waals surface area contributed by atoms with Crippen LogP contribution in [0.15, 0.2) is 6.33 Å². The van der Waals surface area contributed by atoms with Gasteiger partial charge in [-0.1, -0.05) is 27.7 Å². The van der Waals surface area contributed by atoms with Crippen molar-refractivity contribution in [1.29, 1.82) is 0 Å². The Morgan fingerprint density at radius 1 is 1.00 bits per heavy atom. The average molecular weight is 208 g/mol. The SMILES string of the molecule is CC.CC.Cc1nc(C)c2[nH]cnc2n1. The Kier molecular flexibility index (Phi) is 6.25. The first-order valence-corrected chi connectivity index (χ1v) is 5.41. The predicted molar refractivity (Wildman–Crippen MR) is 63.9 cm³/mol. The standard InChI is InChI=1S/C7H8N4.2C2H6/c1-4-6-7(9-3-8-6)11-5(2)10-4;2*1-2/h3H,1-2H3,(H,8,9,10,11);2*1-2H3. The maximum atomic E-state index is 4.19. The van der Waals surface area contributed by atoms with Gasteiger partial charge in [0.25, 0.3) is 0 Å². The molecular weight excluding hydrogens is 188 g/mol. The maximum absolute atomic E-state index is 4.19. The maximum Gasteiger partial charge on any atom is 0.181 e. The zero-order chi connectivity index (χ0) is 11.8. The lowest BCUT2D eigenvalue weighted by Gasteiger charge is -1.94. The Hall–Kier alpha value is -1.45. The summed E-state index contributed by atoms with van der Waals surface area (Å²) in [5.74, 6) is 0.766. The van der Waals surface area contributed by atoms with E-state index in [1.54, 1.807) is 6.33 Å². The van der Waals surface area contributed by atoms with Gasteiger partial charge in [0.1, 0.15) is 11.3 Å². The van der Waals surface area contributed by atoms with E-state index in [0.717, 1.165) is 22.7 Å². The van der Waals surface area contributed by atoms with Crippen LogP contribution in [0.1, 0.15) is 39.2 Å². The molecule has 2 aromatic rings. The number of aromatic nitrogens is 4. The Morgan fingerprint density at radius 3 is 2.20 bits per heavy atom. The third-order valence-corrected chi connectivity index (χ3v) is 1.58. The van der Waals surface area contributed by atoms with Crippen molar-refractivity contribution in [2.75, 3.05) is 0 Å². The molecule has 0 saturated heterocycles. The molecule has 84 valence electrons. The van der Waals surface area contributed by atoms with Crippen LogP contribution in [-0.4, -0.2) is 19.9 Å². The monoisotopic (exact) mass is 208 g/mol. The summed E-state index contributed by atoms with van der Waals surface area (Å²) in [5, 5.41) is 0. The van der Waals surface area contributed by atoms with Crippen molar-refractivity contribution in [3.05, 3.63) is 17.8 Å². The second-order valence-corrected chi connectivity index (χ2v) is 2.46. The number of hydrogen-bond donors (Lipinski definition) is 1. The second kappa shape index (κ2) is 6.92. The van der Waals surface area contributed by atoms with E-state index >= 15 is 0 Å². The number of fused-ring (bicyclic) bond motifs is 1. The van der Waals surface area contributed by atoms with Crippen molar-refractivity contribution in [1.82, 2.24) is 19.9 Å². The normalized spacial score (nSPS) is 8.67. The van der Waals surface area contributed by atoms with E-state index in [2.05, 4.69) is 19.9 Å². The van der Waals surface area contributed by atoms with Gasteiger partial charge in [-0.05, 0) is 13.8 Å². The third kappa shape index (κ3) is 3.31. The van der Waals surface area contributed by atoms with Gasteiger partial charge in [0.05, 0.1) is 12.0 Å². The van der Waals surface area contributed by atoms with Crippen LogP contribution in [0.25, 0.3) is 11.2 Å². The highest BCUT2D eigenvalue weighted by Crippen LogP contribution is 2.08. The molecule has 4 heteroatoms. The lowest BCUT2D eigenvalue weighted by molar-refractivity contribution is 1.04. The van der Waals surface area contributed by atoms with E-state index in [1.165, 1.54) is 0 Å². The van der Waals surface area contributed by atoms with Gasteiger partial charge in [0.2, 0.25) is 0 Å². The fraction of sp³-hybridized carbons (Fsp3) is 0.545. The predicted octanol–water partition coefficient (Wildman–Crippen LogP) is 3.02. The number of H-pyrrole nitrogens is 1. The molecule has 2 rings (SSSR count). The Balaban J connectivity index is 0.000000442. The van der Waals surface area contributed by atoms with Gasteiger partial charge < -0.3 is 4.98 Å². The molecule has 0 aliphatic rings. The third-order valence-electron chi connectivity index (χ3n) is 1.58. The van der Waals surface area contributed by atoms with Gasteiger partial charge in [-0.25, -0.2) is 15.0 Å². The van der Waals surface area contributed by atoms with Crippen molar-refractivity contribution in [2.45, 2.75) is 41.5 Å². The molecule has 0 amide bonds. The number of imidazole rings is 1. The van der Waals surface area contributed by atoms with Crippen molar-refractivity contribution in [3.63, 3.8) is 0 Å². The van der Waals surface area contributed by atoms with Gasteiger partial charge in [0, 0.05) is 0 Å². The summed E-state index contributed by atoms with van der Waals surface area (Å²) >= 11 is 0. The average Bonchev–Trinajstić information content (AvgIpc) is 2.72. The molecule has 0 aliphatic heterocycles. The van der Waals surface area contributed by atoms with E-state index in [-0.39, 0.29) is 0 Å². The molecule has 0 aliphatic carbocycles. The fourth-order valence-corrected chi connectivity index (χ4v) is 1.11. The van der Waals surface area contributed by atoms with E-state index < -0.39 is 0 Å². The van der Waals surface area contributed by atoms with Crippen molar-refractivity contribution in [3.8, 4) is 0 Å². The summed E-state index contributed by atoms with van der Waals surface area (Å²) in [6.45, 7) is 11.8. The number of aryl methyl sites for hydroxylation is 2. The fourth-order valence-electron chi connectivity index (χ4n) is 1.11. The summed E-state index contributed by atoms with van der Waals surface area (Å²) in [4.78, 5) is 15.3. The zero-order valence-corrected chi connectivity index (χ0v) is 10.4. The highest BCUT2D eigenvalue weighted by Gasteiger charge is 2.01. The van der Waals surface area contributed by atoms with Crippen LogP contribution in [0.5, 0.6) is 0 Å². The number of nitrogens with zero attached hydrogens (tertiary/aromatic N) is 3. The highest BCUT2D eigenvalue weighted by atomic mass is 15.0. The largest absolute Gasteiger partial charge is 0.342 e. The lowest BCUT2D eigenvalue weighted by Crippen LogP contribution is -1.91. The van der Waals surface area contributed by atoms with E-state index in [0.29, 0.717) is 0 Å². The van der Waals surface area contributed by atoms with Crippen LogP contribution in [0.2, 0.25) is 0 Å². The first-order chi connectivity index (χ1) is 7.27. The summed E-state index contributed by atoms with van der Waals surface area (Å²) in [5.41, 5.74) is 2.62. The number of hydrogen-bond acceptors (Lipinski definition) is 3. The van der Waals surface area contributed by atoms with Crippen molar-refractivity contribution in [2.24, 2.45) is 0 Å². The molecule has 0 bridgehead atoms. The van der Waals surface area contributed by atoms with Crippen LogP contribution in [0.4, 0.5) is 0 Å². The van der Waals surface area contributed by atoms with Crippen LogP contribution in [-0.2, 0) is 0 Å². The van der Waals surface area contributed by atoms with Crippen LogP contribution in [0.3, 0.4) is 0 Å². The molecule has 0 spiro atoms. The summed E-state index contributed by atoms with van der Waals surface area (Å²) in [7, 11) is 0. The van der Waals surface area contributed by atoms with E-state index in [4.69, 9.17) is 0 Å². The minimum absolute atomic E-state index is 0.745. The van der Waals surface area contributed by atoms with E-state index in [9.17, 15) is 0 Å². The summed E-state index contributed by atoms with van der Waals surface area (Å²) in [6, 6.07) is 0. The van der Waals surface area contributed by atoms with Gasteiger partial charge >= 0.3 is 0 Å². The first kappa shape index (κ1) is 13.5. The van der Waals surface area contributed by atoms with Crippen LogP contribution in [0, 0.1) is 13.8 Å². The van der Waals surface area contributed by atoms with Gasteiger partial charge in [-0.2, -0.15) is 0 Å². The molecule has 0 fully saturated rings. The van der Waals surface area contributed by atoms with Gasteiger partial charge in [-0.15, -0.1) is 0 Å². The first-order valence-electron chi connectivity index (χ1n) is 5.41. The smallest absolute Gasteiger partial charge is 0.181 e. The molecule has 0 unspecified atom stereocenters. The Labute approximate surface area is 91.2 Å². The topological polar surface area (TPSA) is 54.5 Å². The second-order valence-electron chi connectivity index (χ2n) is 2.46. The molecular formula is C11H20N4. The van der Waals surface area contributed by atoms with Crippen LogP contribution >= 0.6 is 0 Å². The molecule has 2 heterocycles. The Bertz CT molecular complexity index is 392. The highest BCUT2D eigenvalue weighted by molar-refractivity contribution is 5.71. The number of aromatic amines is 1. The molecule has 0 saturated carbocycles. The van der Waals surface area contributed by atoms with Gasteiger partial charge in [0.15, 0.2) is 5.65 Å². The lowest BCUT2D eigenvalue weighted by atomic mass is 10.4. The number of rotatable bonds is 0. The molecule has 4 nitrogen and oxygen atoms in total. The molecule has 0 radical (unpaired) electrons. The molecule has 0 atom stereocenters. The minimum atomic E-state index is 0.745. The molecule has 2 aromatic heterocycles. The molecule has 15 heavy (non-hydrogen) atoms. The summed E-state index contributed by atoms with van der Waals surface area (Å²) in [6.07, 6.45) is 1.63. The molecule has 0 aromatic carbocycles. The minimum Gasteiger partial charge on any atom is -0.342 e.